The Kier molecular flexibility index (Phi) is 3.39. The smallest absolute Gasteiger partial charge is 0.295 e. The fourth-order valence-corrected chi connectivity index (χ4v) is 3.02. The Morgan fingerprint density at radius 3 is 2.62 bits per heavy atom. The number of nitrogens with one attached hydrogen (secondary N) is 1. The number of rotatable bonds is 1. The van der Waals surface area contributed by atoms with Crippen molar-refractivity contribution in [3.05, 3.63) is 31.8 Å². The summed E-state index contributed by atoms with van der Waals surface area (Å²) >= 11 is 7.15. The molecule has 1 aliphatic heterocycles. The highest BCUT2D eigenvalue weighted by atomic mass is 35.5. The van der Waals surface area contributed by atoms with E-state index in [0.29, 0.717) is 12.8 Å². The van der Waals surface area contributed by atoms with Crippen LogP contribution < -0.4 is 11.2 Å². The van der Waals surface area contributed by atoms with Crippen LogP contribution in [0.4, 0.5) is 4.39 Å². The van der Waals surface area contributed by atoms with Crippen LogP contribution in [0.3, 0.4) is 0 Å². The molecule has 1 N–H and O–H groups in total. The van der Waals surface area contributed by atoms with E-state index in [2.05, 4.69) is 4.98 Å². The van der Waals surface area contributed by atoms with E-state index >= 15 is 0 Å². The lowest BCUT2D eigenvalue weighted by Gasteiger charge is -2.22. The topological polar surface area (TPSA) is 54.9 Å². The first kappa shape index (κ1) is 11.7. The van der Waals surface area contributed by atoms with Crippen LogP contribution in [0.15, 0.2) is 9.59 Å². The Bertz CT molecular complexity index is 507. The summed E-state index contributed by atoms with van der Waals surface area (Å²) in [6, 6.07) is -0.218. The second-order valence-electron chi connectivity index (χ2n) is 3.58. The van der Waals surface area contributed by atoms with Gasteiger partial charge in [-0.2, -0.15) is 16.2 Å². The Hall–Kier alpha value is -0.750. The standard InChI is InChI=1S/C9H10ClFN2O2S/c10-7-6(11)8(14)13(9(15)12-7)5-1-3-16-4-2-5/h5H,1-4H2,(H,12,15). The summed E-state index contributed by atoms with van der Waals surface area (Å²) in [5.74, 6) is 0.668. The first-order valence-corrected chi connectivity index (χ1v) is 6.42. The third-order valence-electron chi connectivity index (χ3n) is 2.59. The highest BCUT2D eigenvalue weighted by Crippen LogP contribution is 2.24. The van der Waals surface area contributed by atoms with Gasteiger partial charge in [0.15, 0.2) is 5.15 Å². The number of hydrogen-bond acceptors (Lipinski definition) is 3. The Morgan fingerprint density at radius 1 is 1.38 bits per heavy atom. The van der Waals surface area contributed by atoms with Crippen molar-refractivity contribution in [2.24, 2.45) is 0 Å². The van der Waals surface area contributed by atoms with Gasteiger partial charge >= 0.3 is 5.69 Å². The van der Waals surface area contributed by atoms with Crippen LogP contribution >= 0.6 is 23.4 Å². The van der Waals surface area contributed by atoms with Crippen LogP contribution in [0.1, 0.15) is 18.9 Å². The number of thioether (sulfide) groups is 1. The van der Waals surface area contributed by atoms with Gasteiger partial charge in [-0.25, -0.2) is 4.79 Å². The van der Waals surface area contributed by atoms with E-state index in [1.165, 1.54) is 0 Å². The Morgan fingerprint density at radius 2 is 2.00 bits per heavy atom. The minimum Gasteiger partial charge on any atom is -0.295 e. The van der Waals surface area contributed by atoms with Gasteiger partial charge in [0.2, 0.25) is 5.82 Å². The van der Waals surface area contributed by atoms with E-state index in [0.717, 1.165) is 16.1 Å². The number of hydrogen-bond donors (Lipinski definition) is 1. The van der Waals surface area contributed by atoms with E-state index in [4.69, 9.17) is 11.6 Å². The van der Waals surface area contributed by atoms with Gasteiger partial charge in [0.1, 0.15) is 0 Å². The Labute approximate surface area is 99.8 Å². The molecule has 0 atom stereocenters. The quantitative estimate of drug-likeness (QED) is 0.780. The molecule has 2 rings (SSSR count). The van der Waals surface area contributed by atoms with Gasteiger partial charge in [-0.05, 0) is 24.3 Å². The lowest BCUT2D eigenvalue weighted by Crippen LogP contribution is -2.41. The molecule has 0 spiro atoms. The van der Waals surface area contributed by atoms with Crippen molar-refractivity contribution in [2.45, 2.75) is 18.9 Å². The highest BCUT2D eigenvalue weighted by Gasteiger charge is 2.21. The lowest BCUT2D eigenvalue weighted by atomic mass is 10.1. The summed E-state index contributed by atoms with van der Waals surface area (Å²) < 4.78 is 14.2. The Balaban J connectivity index is 2.51. The van der Waals surface area contributed by atoms with E-state index in [1.807, 2.05) is 0 Å². The maximum absolute atomic E-state index is 13.3. The molecular formula is C9H10ClFN2O2S. The molecule has 4 nitrogen and oxygen atoms in total. The molecule has 16 heavy (non-hydrogen) atoms. The van der Waals surface area contributed by atoms with E-state index in [-0.39, 0.29) is 6.04 Å². The van der Waals surface area contributed by atoms with Gasteiger partial charge < -0.3 is 0 Å². The van der Waals surface area contributed by atoms with Crippen LogP contribution in [-0.2, 0) is 0 Å². The molecule has 0 aliphatic carbocycles. The average molecular weight is 265 g/mol. The summed E-state index contributed by atoms with van der Waals surface area (Å²) in [6.07, 6.45) is 1.41. The van der Waals surface area contributed by atoms with Crippen molar-refractivity contribution >= 4 is 23.4 Å². The van der Waals surface area contributed by atoms with Crippen LogP contribution in [0.2, 0.25) is 5.15 Å². The van der Waals surface area contributed by atoms with Crippen molar-refractivity contribution in [1.29, 1.82) is 0 Å². The van der Waals surface area contributed by atoms with E-state index in [9.17, 15) is 14.0 Å². The average Bonchev–Trinajstić information content (AvgIpc) is 2.28. The third kappa shape index (κ3) is 2.04. The molecular weight excluding hydrogens is 255 g/mol. The van der Waals surface area contributed by atoms with Gasteiger partial charge in [0, 0.05) is 6.04 Å². The molecule has 1 saturated heterocycles. The summed E-state index contributed by atoms with van der Waals surface area (Å²) in [5, 5.41) is -0.517. The number of aromatic amines is 1. The van der Waals surface area contributed by atoms with Gasteiger partial charge in [0.05, 0.1) is 0 Å². The highest BCUT2D eigenvalue weighted by molar-refractivity contribution is 7.99. The molecule has 1 aromatic heterocycles. The van der Waals surface area contributed by atoms with Crippen molar-refractivity contribution in [1.82, 2.24) is 9.55 Å². The molecule has 1 aliphatic rings. The molecule has 0 radical (unpaired) electrons. The normalized spacial score (nSPS) is 17.6. The van der Waals surface area contributed by atoms with Crippen LogP contribution in [-0.4, -0.2) is 21.1 Å². The second-order valence-corrected chi connectivity index (χ2v) is 5.18. The minimum atomic E-state index is -1.08. The number of nitrogens with zero attached hydrogens (tertiary/aromatic N) is 1. The molecule has 0 bridgehead atoms. The maximum Gasteiger partial charge on any atom is 0.329 e. The summed E-state index contributed by atoms with van der Waals surface area (Å²) in [4.78, 5) is 25.3. The third-order valence-corrected chi connectivity index (χ3v) is 3.90. The monoisotopic (exact) mass is 264 g/mol. The minimum absolute atomic E-state index is 0.218. The predicted octanol–water partition coefficient (Wildman–Crippen LogP) is 1.40. The fraction of sp³-hybridized carbons (Fsp3) is 0.556. The van der Waals surface area contributed by atoms with Crippen molar-refractivity contribution in [3.63, 3.8) is 0 Å². The molecule has 1 aromatic rings. The number of H-pyrrole nitrogens is 1. The SMILES string of the molecule is O=c1[nH]c(Cl)c(F)c(=O)n1C1CCSCC1. The van der Waals surface area contributed by atoms with Crippen molar-refractivity contribution in [2.75, 3.05) is 11.5 Å². The molecule has 88 valence electrons. The molecule has 0 unspecified atom stereocenters. The molecule has 2 heterocycles. The van der Waals surface area contributed by atoms with Crippen molar-refractivity contribution < 1.29 is 4.39 Å². The maximum atomic E-state index is 13.3. The van der Waals surface area contributed by atoms with Crippen LogP contribution in [0, 0.1) is 5.82 Å². The zero-order valence-electron chi connectivity index (χ0n) is 8.33. The summed E-state index contributed by atoms with van der Waals surface area (Å²) in [6.45, 7) is 0. The first-order chi connectivity index (χ1) is 7.61. The second kappa shape index (κ2) is 4.63. The predicted molar refractivity (Wildman–Crippen MR) is 61.9 cm³/mol. The van der Waals surface area contributed by atoms with Crippen LogP contribution in [0.25, 0.3) is 0 Å². The number of aromatic nitrogens is 2. The van der Waals surface area contributed by atoms with E-state index < -0.39 is 22.2 Å². The molecule has 0 amide bonds. The number of halogens is 2. The summed E-state index contributed by atoms with van der Waals surface area (Å²) in [7, 11) is 0. The first-order valence-electron chi connectivity index (χ1n) is 4.89. The molecule has 0 aromatic carbocycles. The van der Waals surface area contributed by atoms with Crippen LogP contribution in [0.5, 0.6) is 0 Å². The lowest BCUT2D eigenvalue weighted by molar-refractivity contribution is 0.419. The van der Waals surface area contributed by atoms with Gasteiger partial charge in [0.25, 0.3) is 5.56 Å². The fourth-order valence-electron chi connectivity index (χ4n) is 1.78. The van der Waals surface area contributed by atoms with Gasteiger partial charge in [-0.3, -0.25) is 14.3 Å². The largest absolute Gasteiger partial charge is 0.329 e. The van der Waals surface area contributed by atoms with Gasteiger partial charge in [-0.1, -0.05) is 11.6 Å². The molecule has 7 heteroatoms. The summed E-state index contributed by atoms with van der Waals surface area (Å²) in [5.41, 5.74) is -1.56. The van der Waals surface area contributed by atoms with Gasteiger partial charge in [-0.15, -0.1) is 0 Å². The zero-order chi connectivity index (χ0) is 11.7. The van der Waals surface area contributed by atoms with Crippen molar-refractivity contribution in [3.8, 4) is 0 Å². The van der Waals surface area contributed by atoms with E-state index in [1.54, 1.807) is 11.8 Å². The zero-order valence-corrected chi connectivity index (χ0v) is 9.91. The molecule has 0 saturated carbocycles. The molecule has 1 fully saturated rings.